The molecule has 0 aliphatic heterocycles. The maximum Gasteiger partial charge on any atom is 0.111 e. The molecular formula is C10H11BrN2. The molecule has 1 unspecified atom stereocenters. The predicted octanol–water partition coefficient (Wildman–Crippen LogP) is 3.08. The Morgan fingerprint density at radius 2 is 2.23 bits per heavy atom. The second-order valence-corrected chi connectivity index (χ2v) is 3.81. The number of rotatable bonds is 2. The van der Waals surface area contributed by atoms with Crippen LogP contribution in [-0.2, 0) is 0 Å². The quantitative estimate of drug-likeness (QED) is 0.860. The van der Waals surface area contributed by atoms with Crippen LogP contribution in [0, 0.1) is 18.3 Å². The number of aryl methyl sites for hydroxylation is 1. The van der Waals surface area contributed by atoms with E-state index in [2.05, 4.69) is 27.3 Å². The molecule has 0 amide bonds. The molecule has 0 saturated carbocycles. The van der Waals surface area contributed by atoms with Crippen LogP contribution in [0.25, 0.3) is 0 Å². The van der Waals surface area contributed by atoms with Crippen molar-refractivity contribution in [3.05, 3.63) is 28.2 Å². The highest BCUT2D eigenvalue weighted by Crippen LogP contribution is 2.20. The molecule has 3 heteroatoms. The molecule has 68 valence electrons. The number of halogens is 1. The lowest BCUT2D eigenvalue weighted by Gasteiger charge is -2.08. The monoisotopic (exact) mass is 238 g/mol. The number of benzene rings is 1. The lowest BCUT2D eigenvalue weighted by molar-refractivity contribution is 1.01. The maximum atomic E-state index is 8.60. The number of nitrogens with one attached hydrogen (secondary N) is 1. The molecule has 2 nitrogen and oxygen atoms in total. The van der Waals surface area contributed by atoms with Crippen molar-refractivity contribution < 1.29 is 0 Å². The summed E-state index contributed by atoms with van der Waals surface area (Å²) in [6.07, 6.45) is 0. The van der Waals surface area contributed by atoms with Crippen LogP contribution in [0.15, 0.2) is 22.7 Å². The Morgan fingerprint density at radius 3 is 2.77 bits per heavy atom. The highest BCUT2D eigenvalue weighted by atomic mass is 79.9. The molecule has 0 aromatic heterocycles. The van der Waals surface area contributed by atoms with Crippen LogP contribution >= 0.6 is 15.9 Å². The van der Waals surface area contributed by atoms with E-state index in [1.54, 1.807) is 0 Å². The second kappa shape index (κ2) is 4.29. The number of nitrogens with zero attached hydrogens (tertiary/aromatic N) is 1. The molecule has 1 N–H and O–H groups in total. The van der Waals surface area contributed by atoms with Crippen molar-refractivity contribution in [1.29, 1.82) is 5.26 Å². The number of hydrogen-bond acceptors (Lipinski definition) is 2. The molecule has 0 aliphatic rings. The summed E-state index contributed by atoms with van der Waals surface area (Å²) in [6.45, 7) is 3.86. The van der Waals surface area contributed by atoms with Gasteiger partial charge in [0.15, 0.2) is 0 Å². The first kappa shape index (κ1) is 10.1. The van der Waals surface area contributed by atoms with Crippen LogP contribution in [0.1, 0.15) is 12.5 Å². The Balaban J connectivity index is 2.81. The zero-order valence-corrected chi connectivity index (χ0v) is 9.22. The molecule has 0 fully saturated rings. The molecule has 0 bridgehead atoms. The first-order valence-corrected chi connectivity index (χ1v) is 4.85. The number of hydrogen-bond donors (Lipinski definition) is 1. The van der Waals surface area contributed by atoms with Gasteiger partial charge in [0, 0.05) is 10.2 Å². The van der Waals surface area contributed by atoms with E-state index in [0.29, 0.717) is 0 Å². The molecule has 0 heterocycles. The minimum Gasteiger partial charge on any atom is -0.370 e. The molecule has 1 aromatic rings. The molecular weight excluding hydrogens is 228 g/mol. The summed E-state index contributed by atoms with van der Waals surface area (Å²) in [4.78, 5) is 0. The topological polar surface area (TPSA) is 35.8 Å². The number of anilines is 1. The van der Waals surface area contributed by atoms with E-state index < -0.39 is 0 Å². The SMILES string of the molecule is Cc1ccc(NC(C)C#N)cc1Br. The minimum absolute atomic E-state index is 0.158. The Hall–Kier alpha value is -1.01. The fourth-order valence-corrected chi connectivity index (χ4v) is 1.34. The summed E-state index contributed by atoms with van der Waals surface area (Å²) in [5, 5.41) is 11.7. The van der Waals surface area contributed by atoms with Gasteiger partial charge >= 0.3 is 0 Å². The zero-order valence-electron chi connectivity index (χ0n) is 7.63. The van der Waals surface area contributed by atoms with Crippen LogP contribution in [0.4, 0.5) is 5.69 Å². The second-order valence-electron chi connectivity index (χ2n) is 2.96. The lowest BCUT2D eigenvalue weighted by atomic mass is 10.2. The van der Waals surface area contributed by atoms with Crippen LogP contribution in [-0.4, -0.2) is 6.04 Å². The summed E-state index contributed by atoms with van der Waals surface area (Å²) >= 11 is 3.43. The van der Waals surface area contributed by atoms with Crippen molar-refractivity contribution in [1.82, 2.24) is 0 Å². The smallest absolute Gasteiger partial charge is 0.111 e. The van der Waals surface area contributed by atoms with Crippen LogP contribution in [0.3, 0.4) is 0 Å². The van der Waals surface area contributed by atoms with Crippen LogP contribution in [0.2, 0.25) is 0 Å². The molecule has 0 aliphatic carbocycles. The highest BCUT2D eigenvalue weighted by molar-refractivity contribution is 9.10. The van der Waals surface area contributed by atoms with Gasteiger partial charge in [0.05, 0.1) is 6.07 Å². The standard InChI is InChI=1S/C10H11BrN2/c1-7-3-4-9(5-10(7)11)13-8(2)6-12/h3-5,8,13H,1-2H3. The summed E-state index contributed by atoms with van der Waals surface area (Å²) in [5.74, 6) is 0. The van der Waals surface area contributed by atoms with Crippen molar-refractivity contribution in [2.45, 2.75) is 19.9 Å². The normalized spacial score (nSPS) is 11.8. The fourth-order valence-electron chi connectivity index (χ4n) is 0.965. The van der Waals surface area contributed by atoms with Gasteiger partial charge in [-0.15, -0.1) is 0 Å². The molecule has 1 atom stereocenters. The largest absolute Gasteiger partial charge is 0.370 e. The van der Waals surface area contributed by atoms with E-state index in [9.17, 15) is 0 Å². The Morgan fingerprint density at radius 1 is 1.54 bits per heavy atom. The van der Waals surface area contributed by atoms with E-state index in [1.165, 1.54) is 5.56 Å². The van der Waals surface area contributed by atoms with Crippen molar-refractivity contribution in [2.24, 2.45) is 0 Å². The summed E-state index contributed by atoms with van der Waals surface area (Å²) in [7, 11) is 0. The summed E-state index contributed by atoms with van der Waals surface area (Å²) in [6, 6.07) is 7.92. The third kappa shape index (κ3) is 2.74. The van der Waals surface area contributed by atoms with E-state index >= 15 is 0 Å². The van der Waals surface area contributed by atoms with Gasteiger partial charge in [-0.1, -0.05) is 22.0 Å². The number of nitriles is 1. The van der Waals surface area contributed by atoms with E-state index in [0.717, 1.165) is 10.2 Å². The van der Waals surface area contributed by atoms with Gasteiger partial charge in [0.2, 0.25) is 0 Å². The summed E-state index contributed by atoms with van der Waals surface area (Å²) in [5.41, 5.74) is 2.15. The average molecular weight is 239 g/mol. The fraction of sp³-hybridized carbons (Fsp3) is 0.300. The molecule has 1 rings (SSSR count). The minimum atomic E-state index is -0.158. The van der Waals surface area contributed by atoms with E-state index in [-0.39, 0.29) is 6.04 Å². The average Bonchev–Trinajstić information content (AvgIpc) is 2.11. The molecule has 13 heavy (non-hydrogen) atoms. The first-order chi connectivity index (χ1) is 6.13. The van der Waals surface area contributed by atoms with Gasteiger partial charge in [-0.2, -0.15) is 5.26 Å². The Bertz CT molecular complexity index is 341. The van der Waals surface area contributed by atoms with Crippen molar-refractivity contribution in [3.8, 4) is 6.07 Å². The predicted molar refractivity (Wildman–Crippen MR) is 57.6 cm³/mol. The van der Waals surface area contributed by atoms with Gasteiger partial charge in [-0.3, -0.25) is 0 Å². The van der Waals surface area contributed by atoms with Crippen molar-refractivity contribution in [2.75, 3.05) is 5.32 Å². The molecule has 0 saturated heterocycles. The van der Waals surface area contributed by atoms with E-state index in [1.807, 2.05) is 32.0 Å². The highest BCUT2D eigenvalue weighted by Gasteiger charge is 2.00. The van der Waals surface area contributed by atoms with Gasteiger partial charge < -0.3 is 5.32 Å². The van der Waals surface area contributed by atoms with Crippen LogP contribution in [0.5, 0.6) is 0 Å². The van der Waals surface area contributed by atoms with Gasteiger partial charge in [-0.05, 0) is 31.5 Å². The maximum absolute atomic E-state index is 8.60. The molecule has 0 spiro atoms. The van der Waals surface area contributed by atoms with Crippen molar-refractivity contribution >= 4 is 21.6 Å². The van der Waals surface area contributed by atoms with Gasteiger partial charge in [0.25, 0.3) is 0 Å². The third-order valence-electron chi connectivity index (χ3n) is 1.75. The van der Waals surface area contributed by atoms with Gasteiger partial charge in [-0.25, -0.2) is 0 Å². The Labute approximate surface area is 86.7 Å². The van der Waals surface area contributed by atoms with Crippen molar-refractivity contribution in [3.63, 3.8) is 0 Å². The summed E-state index contributed by atoms with van der Waals surface area (Å²) < 4.78 is 1.06. The first-order valence-electron chi connectivity index (χ1n) is 4.06. The van der Waals surface area contributed by atoms with Crippen LogP contribution < -0.4 is 5.32 Å². The Kier molecular flexibility index (Phi) is 3.32. The van der Waals surface area contributed by atoms with Gasteiger partial charge in [0.1, 0.15) is 6.04 Å². The zero-order chi connectivity index (χ0) is 9.84. The molecule has 1 aromatic carbocycles. The molecule has 0 radical (unpaired) electrons. The third-order valence-corrected chi connectivity index (χ3v) is 2.60. The van der Waals surface area contributed by atoms with E-state index in [4.69, 9.17) is 5.26 Å². The lowest BCUT2D eigenvalue weighted by Crippen LogP contribution is -2.11.